The first-order valence-corrected chi connectivity index (χ1v) is 21.6. The van der Waals surface area contributed by atoms with Gasteiger partial charge in [-0.1, -0.05) is 45.1 Å². The molecule has 13 heteroatoms. The Morgan fingerprint density at radius 1 is 1.02 bits per heavy atom. The van der Waals surface area contributed by atoms with Crippen LogP contribution in [0.2, 0.25) is 0 Å². The number of carbonyl (C=O) groups excluding carboxylic acids is 1. The molecule has 0 aromatic rings. The Morgan fingerprint density at radius 2 is 1.77 bits per heavy atom. The van der Waals surface area contributed by atoms with Crippen molar-refractivity contribution in [2.75, 3.05) is 6.61 Å². The van der Waals surface area contributed by atoms with Crippen LogP contribution in [0, 0.1) is 17.8 Å². The van der Waals surface area contributed by atoms with Crippen molar-refractivity contribution in [3.63, 3.8) is 0 Å². The van der Waals surface area contributed by atoms with Crippen LogP contribution in [0.1, 0.15) is 125 Å². The summed E-state index contributed by atoms with van der Waals surface area (Å²) in [5.74, 6) is -4.11. The first-order chi connectivity index (χ1) is 26.9. The molecule has 0 amide bonds. The molecule has 0 aromatic carbocycles. The van der Waals surface area contributed by atoms with Crippen molar-refractivity contribution < 1.29 is 63.5 Å². The number of ether oxygens (including phenoxy) is 7. The highest BCUT2D eigenvalue weighted by Gasteiger charge is 2.55. The SMILES string of the molecule is C=C1[C@@H](O)[C@@H]2O[C@]3(CC[C@H](/C=C/[C@@H](C)[C@@H]4CC(C)=C[C@@]5(O[C@H](C[C@@](C)(O)C(=O)[O-])CC[C@H]5O)O4)O3)CC[C@H]2O[C@@H]1[C@@H](O)C[C@H](C)[C@H]1O[C@@]2(CCCCO2)CC[C@H]1C. The van der Waals surface area contributed by atoms with E-state index in [4.69, 9.17) is 33.2 Å². The predicted octanol–water partition coefficient (Wildman–Crippen LogP) is 3.88. The molecule has 0 aliphatic carbocycles. The van der Waals surface area contributed by atoms with E-state index < -0.39 is 71.7 Å². The molecule has 6 saturated heterocycles. The molecule has 6 fully saturated rings. The molecule has 13 nitrogen and oxygen atoms in total. The largest absolute Gasteiger partial charge is 0.547 e. The second kappa shape index (κ2) is 17.0. The topological polar surface area (TPSA) is 186 Å². The van der Waals surface area contributed by atoms with Gasteiger partial charge in [0.1, 0.15) is 30.0 Å². The summed E-state index contributed by atoms with van der Waals surface area (Å²) in [6.07, 6.45) is 9.10. The molecule has 7 rings (SSSR count). The van der Waals surface area contributed by atoms with Crippen LogP contribution in [-0.4, -0.2) is 117 Å². The van der Waals surface area contributed by atoms with E-state index in [9.17, 15) is 30.3 Å². The molecular weight excluding hydrogens is 736 g/mol. The Kier molecular flexibility index (Phi) is 12.9. The number of aliphatic hydroxyl groups is 4. The summed E-state index contributed by atoms with van der Waals surface area (Å²) in [7, 11) is 0. The molecule has 7 aliphatic heterocycles. The summed E-state index contributed by atoms with van der Waals surface area (Å²) >= 11 is 0. The van der Waals surface area contributed by atoms with Gasteiger partial charge in [0, 0.05) is 38.0 Å². The minimum atomic E-state index is -2.07. The number of hydrogen-bond donors (Lipinski definition) is 4. The molecule has 7 aliphatic rings. The van der Waals surface area contributed by atoms with E-state index in [0.717, 1.165) is 50.7 Å². The van der Waals surface area contributed by atoms with Gasteiger partial charge in [-0.2, -0.15) is 0 Å². The van der Waals surface area contributed by atoms with Gasteiger partial charge in [-0.15, -0.1) is 0 Å². The molecular formula is C44H67O13-. The van der Waals surface area contributed by atoms with Crippen molar-refractivity contribution in [1.82, 2.24) is 0 Å². The van der Waals surface area contributed by atoms with Crippen LogP contribution in [0.25, 0.3) is 0 Å². The Balaban J connectivity index is 0.920. The molecule has 0 unspecified atom stereocenters. The number of carboxylic acids is 1. The fraction of sp³-hybridized carbons (Fsp3) is 0.841. The quantitative estimate of drug-likeness (QED) is 0.234. The lowest BCUT2D eigenvalue weighted by Gasteiger charge is -2.50. The van der Waals surface area contributed by atoms with Crippen LogP contribution in [0.3, 0.4) is 0 Å². The molecule has 4 N–H and O–H groups in total. The van der Waals surface area contributed by atoms with Crippen molar-refractivity contribution >= 4 is 5.97 Å². The minimum Gasteiger partial charge on any atom is -0.547 e. The van der Waals surface area contributed by atoms with Gasteiger partial charge in [0.2, 0.25) is 5.79 Å². The molecule has 3 spiro atoms. The lowest BCUT2D eigenvalue weighted by atomic mass is 9.79. The molecule has 17 atom stereocenters. The van der Waals surface area contributed by atoms with Crippen LogP contribution < -0.4 is 5.11 Å². The van der Waals surface area contributed by atoms with Crippen LogP contribution in [0.5, 0.6) is 0 Å². The van der Waals surface area contributed by atoms with E-state index in [1.54, 1.807) is 6.08 Å². The maximum atomic E-state index is 11.5. The highest BCUT2D eigenvalue weighted by atomic mass is 16.7. The van der Waals surface area contributed by atoms with Crippen molar-refractivity contribution in [1.29, 1.82) is 0 Å². The summed E-state index contributed by atoms with van der Waals surface area (Å²) < 4.78 is 45.2. The number of carboxylic acid groups (broad SMARTS) is 1. The van der Waals surface area contributed by atoms with Gasteiger partial charge >= 0.3 is 0 Å². The molecule has 0 radical (unpaired) electrons. The summed E-state index contributed by atoms with van der Waals surface area (Å²) in [6.45, 7) is 14.4. The van der Waals surface area contributed by atoms with Gasteiger partial charge in [-0.3, -0.25) is 0 Å². The second-order valence-corrected chi connectivity index (χ2v) is 18.9. The van der Waals surface area contributed by atoms with Crippen LogP contribution >= 0.6 is 0 Å². The maximum absolute atomic E-state index is 11.5. The Bertz CT molecular complexity index is 1510. The third-order valence-corrected chi connectivity index (χ3v) is 14.0. The van der Waals surface area contributed by atoms with E-state index in [1.807, 2.05) is 26.0 Å². The number of hydrogen-bond acceptors (Lipinski definition) is 13. The normalized spacial score (nSPS) is 45.4. The van der Waals surface area contributed by atoms with Gasteiger partial charge in [-0.05, 0) is 95.1 Å². The number of aliphatic carboxylic acids is 1. The third-order valence-electron chi connectivity index (χ3n) is 14.0. The highest BCUT2D eigenvalue weighted by Crippen LogP contribution is 2.47. The zero-order valence-corrected chi connectivity index (χ0v) is 34.5. The lowest BCUT2D eigenvalue weighted by Crippen LogP contribution is -2.60. The number of aliphatic hydroxyl groups excluding tert-OH is 3. The zero-order chi connectivity index (χ0) is 40.9. The first-order valence-electron chi connectivity index (χ1n) is 21.6. The molecule has 57 heavy (non-hydrogen) atoms. The van der Waals surface area contributed by atoms with E-state index >= 15 is 0 Å². The fourth-order valence-corrected chi connectivity index (χ4v) is 10.5. The van der Waals surface area contributed by atoms with Gasteiger partial charge in [-0.25, -0.2) is 0 Å². The minimum absolute atomic E-state index is 0.0441. The Labute approximate surface area is 337 Å². The van der Waals surface area contributed by atoms with E-state index in [0.29, 0.717) is 56.4 Å². The lowest BCUT2D eigenvalue weighted by molar-refractivity contribution is -0.336. The molecule has 0 saturated carbocycles. The summed E-state index contributed by atoms with van der Waals surface area (Å²) in [4.78, 5) is 11.5. The van der Waals surface area contributed by atoms with Crippen molar-refractivity contribution in [2.24, 2.45) is 17.8 Å². The van der Waals surface area contributed by atoms with Gasteiger partial charge < -0.3 is 63.5 Å². The van der Waals surface area contributed by atoms with Gasteiger partial charge in [0.15, 0.2) is 11.6 Å². The van der Waals surface area contributed by atoms with Crippen LogP contribution in [-0.2, 0) is 38.0 Å². The first kappa shape index (κ1) is 43.3. The Hall–Kier alpha value is -1.75. The van der Waals surface area contributed by atoms with Crippen LogP contribution in [0.15, 0.2) is 36.0 Å². The zero-order valence-electron chi connectivity index (χ0n) is 34.5. The number of carbonyl (C=O) groups is 1. The van der Waals surface area contributed by atoms with Crippen molar-refractivity contribution in [2.45, 2.75) is 209 Å². The average molecular weight is 804 g/mol. The predicted molar refractivity (Wildman–Crippen MR) is 205 cm³/mol. The van der Waals surface area contributed by atoms with E-state index in [-0.39, 0.29) is 36.6 Å². The molecule has 0 aromatic heterocycles. The number of rotatable bonds is 10. The van der Waals surface area contributed by atoms with Gasteiger partial charge in [0.05, 0.1) is 49.2 Å². The van der Waals surface area contributed by atoms with Crippen LogP contribution in [0.4, 0.5) is 0 Å². The third kappa shape index (κ3) is 9.15. The fourth-order valence-electron chi connectivity index (χ4n) is 10.5. The van der Waals surface area contributed by atoms with Crippen molar-refractivity contribution in [3.8, 4) is 0 Å². The number of fused-ring (bicyclic) bond motifs is 1. The average Bonchev–Trinajstić information content (AvgIpc) is 3.56. The van der Waals surface area contributed by atoms with E-state index in [2.05, 4.69) is 20.4 Å². The summed E-state index contributed by atoms with van der Waals surface area (Å²) in [5.41, 5.74) is -0.677. The summed E-state index contributed by atoms with van der Waals surface area (Å²) in [5, 5.41) is 56.0. The second-order valence-electron chi connectivity index (χ2n) is 18.9. The maximum Gasteiger partial charge on any atom is 0.215 e. The van der Waals surface area contributed by atoms with Crippen molar-refractivity contribution in [3.05, 3.63) is 36.0 Å². The smallest absolute Gasteiger partial charge is 0.215 e. The van der Waals surface area contributed by atoms with E-state index in [1.165, 1.54) is 6.92 Å². The summed E-state index contributed by atoms with van der Waals surface area (Å²) in [6, 6.07) is 0. The molecule has 7 heterocycles. The monoisotopic (exact) mass is 803 g/mol. The molecule has 322 valence electrons. The Morgan fingerprint density at radius 3 is 2.51 bits per heavy atom. The highest BCUT2D eigenvalue weighted by molar-refractivity contribution is 5.74. The van der Waals surface area contributed by atoms with Gasteiger partial charge in [0.25, 0.3) is 0 Å². The molecule has 0 bridgehead atoms. The standard InChI is InChI=1S/C44H68O13/c1-25-21-34(55-44(23-25)35(46)12-11-31(54-44)24-41(6,50)40(48)49)26(2)9-10-30-14-18-43(53-30)19-15-33-39(57-43)36(47)29(5)38(52-33)32(45)22-28(4)37-27(3)13-17-42(56-37)16-7-8-20-51-42/h9-10,23,26-28,30-39,45-47,50H,5,7-8,11-22,24H2,1-4,6H3,(H,48,49)/p-1/b10-9+/t26-,27-,28+,30+,31+,32+,33-,34+,35-,36-,37+,38+,39-,41-,42+,43-,44-/m1/s1.